The van der Waals surface area contributed by atoms with E-state index in [1.807, 2.05) is 41.1 Å². The third-order valence-electron chi connectivity index (χ3n) is 2.25. The molecule has 2 amide bonds. The zero-order valence-electron chi connectivity index (χ0n) is 7.61. The Morgan fingerprint density at radius 2 is 2.14 bits per heavy atom. The molecule has 14 heavy (non-hydrogen) atoms. The fraction of sp³-hybridized carbons (Fsp3) is 0.300. The van der Waals surface area contributed by atoms with E-state index in [0.29, 0.717) is 0 Å². The minimum atomic E-state index is 0.0199. The third-order valence-corrected chi connectivity index (χ3v) is 3.09. The molecule has 1 heterocycles. The molecule has 2 rings (SSSR count). The molecule has 74 valence electrons. The SMILES string of the molecule is O=C1NC(Cc2ccccc2)CN1I. The van der Waals surface area contributed by atoms with E-state index in [1.165, 1.54) is 5.56 Å². The van der Waals surface area contributed by atoms with Gasteiger partial charge in [-0.3, -0.25) is 3.11 Å². The van der Waals surface area contributed by atoms with Gasteiger partial charge in [-0.25, -0.2) is 4.79 Å². The quantitative estimate of drug-likeness (QED) is 0.657. The second-order valence-corrected chi connectivity index (χ2v) is 4.55. The summed E-state index contributed by atoms with van der Waals surface area (Å²) in [6.07, 6.45) is 0.909. The second kappa shape index (κ2) is 4.16. The van der Waals surface area contributed by atoms with Gasteiger partial charge < -0.3 is 5.32 Å². The van der Waals surface area contributed by atoms with E-state index >= 15 is 0 Å². The first-order valence-electron chi connectivity index (χ1n) is 4.53. The Hall–Kier alpha value is -0.780. The Morgan fingerprint density at radius 1 is 1.43 bits per heavy atom. The van der Waals surface area contributed by atoms with E-state index in [4.69, 9.17) is 0 Å². The number of halogens is 1. The van der Waals surface area contributed by atoms with Gasteiger partial charge in [0.05, 0.1) is 35.5 Å². The summed E-state index contributed by atoms with van der Waals surface area (Å²) in [5.41, 5.74) is 1.27. The number of urea groups is 1. The van der Waals surface area contributed by atoms with Crippen molar-refractivity contribution in [1.29, 1.82) is 0 Å². The number of benzene rings is 1. The maximum absolute atomic E-state index is 11.2. The van der Waals surface area contributed by atoms with E-state index in [0.717, 1.165) is 13.0 Å². The van der Waals surface area contributed by atoms with Gasteiger partial charge in [-0.15, -0.1) is 0 Å². The smallest absolute Gasteiger partial charge is 0.326 e. The van der Waals surface area contributed by atoms with E-state index < -0.39 is 0 Å². The molecule has 0 bridgehead atoms. The van der Waals surface area contributed by atoms with Gasteiger partial charge in [-0.05, 0) is 12.0 Å². The van der Waals surface area contributed by atoms with Gasteiger partial charge in [0.25, 0.3) is 0 Å². The maximum atomic E-state index is 11.2. The first kappa shape index (κ1) is 9.76. The molecule has 0 radical (unpaired) electrons. The van der Waals surface area contributed by atoms with Gasteiger partial charge in [0.2, 0.25) is 0 Å². The molecule has 0 aliphatic carbocycles. The van der Waals surface area contributed by atoms with Crippen molar-refractivity contribution < 1.29 is 4.79 Å². The van der Waals surface area contributed by atoms with Crippen LogP contribution in [-0.2, 0) is 6.42 Å². The number of rotatable bonds is 2. The highest BCUT2D eigenvalue weighted by molar-refractivity contribution is 14.1. The molecule has 1 saturated heterocycles. The third kappa shape index (κ3) is 2.17. The normalized spacial score (nSPS) is 21.1. The lowest BCUT2D eigenvalue weighted by atomic mass is 10.1. The average molecular weight is 302 g/mol. The Labute approximate surface area is 97.0 Å². The fourth-order valence-corrected chi connectivity index (χ4v) is 2.20. The fourth-order valence-electron chi connectivity index (χ4n) is 1.58. The van der Waals surface area contributed by atoms with Crippen molar-refractivity contribution in [1.82, 2.24) is 8.43 Å². The number of carbonyl (C=O) groups excluding carboxylic acids is 1. The molecular formula is C10H11IN2O. The highest BCUT2D eigenvalue weighted by Gasteiger charge is 2.26. The van der Waals surface area contributed by atoms with Crippen LogP contribution in [-0.4, -0.2) is 21.7 Å². The number of hydrogen-bond donors (Lipinski definition) is 1. The van der Waals surface area contributed by atoms with Crippen molar-refractivity contribution in [2.45, 2.75) is 12.5 Å². The summed E-state index contributed by atoms with van der Waals surface area (Å²) in [7, 11) is 0. The number of nitrogens with one attached hydrogen (secondary N) is 1. The molecule has 1 aromatic carbocycles. The molecule has 4 heteroatoms. The standard InChI is InChI=1S/C10H11IN2O/c11-13-7-9(12-10(13)14)6-8-4-2-1-3-5-8/h1-5,9H,6-7H2,(H,12,14). The minimum Gasteiger partial charge on any atom is -0.333 e. The number of nitrogens with zero attached hydrogens (tertiary/aromatic N) is 1. The van der Waals surface area contributed by atoms with Crippen LogP contribution in [0.15, 0.2) is 30.3 Å². The van der Waals surface area contributed by atoms with Crippen LogP contribution in [0.25, 0.3) is 0 Å². The molecule has 1 unspecified atom stereocenters. The Balaban J connectivity index is 1.97. The largest absolute Gasteiger partial charge is 0.333 e. The second-order valence-electron chi connectivity index (χ2n) is 3.38. The topological polar surface area (TPSA) is 32.3 Å². The summed E-state index contributed by atoms with van der Waals surface area (Å²) in [5.74, 6) is 0. The molecule has 1 aromatic rings. The van der Waals surface area contributed by atoms with Crippen LogP contribution < -0.4 is 5.32 Å². The molecule has 1 aliphatic heterocycles. The van der Waals surface area contributed by atoms with Crippen LogP contribution in [0.1, 0.15) is 5.56 Å². The first-order valence-corrected chi connectivity index (χ1v) is 5.50. The van der Waals surface area contributed by atoms with Crippen LogP contribution in [0.5, 0.6) is 0 Å². The van der Waals surface area contributed by atoms with Crippen molar-refractivity contribution in [2.75, 3.05) is 6.54 Å². The van der Waals surface area contributed by atoms with E-state index in [1.54, 1.807) is 3.11 Å². The van der Waals surface area contributed by atoms with Crippen molar-refractivity contribution in [2.24, 2.45) is 0 Å². The predicted octanol–water partition coefficient (Wildman–Crippen LogP) is 1.97. The lowest BCUT2D eigenvalue weighted by Crippen LogP contribution is -2.28. The number of hydrogen-bond acceptors (Lipinski definition) is 1. The van der Waals surface area contributed by atoms with Gasteiger partial charge in [0.15, 0.2) is 0 Å². The highest BCUT2D eigenvalue weighted by Crippen LogP contribution is 2.13. The molecule has 3 nitrogen and oxygen atoms in total. The number of carbonyl (C=O) groups is 1. The van der Waals surface area contributed by atoms with Crippen LogP contribution in [0, 0.1) is 0 Å². The van der Waals surface area contributed by atoms with Crippen molar-refractivity contribution in [3.63, 3.8) is 0 Å². The summed E-state index contributed by atoms with van der Waals surface area (Å²) in [6.45, 7) is 0.786. The maximum Gasteiger partial charge on any atom is 0.326 e. The van der Waals surface area contributed by atoms with Gasteiger partial charge in [0, 0.05) is 0 Å². The highest BCUT2D eigenvalue weighted by atomic mass is 127. The van der Waals surface area contributed by atoms with E-state index in [-0.39, 0.29) is 12.1 Å². The van der Waals surface area contributed by atoms with Crippen molar-refractivity contribution in [3.05, 3.63) is 35.9 Å². The Morgan fingerprint density at radius 3 is 2.71 bits per heavy atom. The average Bonchev–Trinajstić information content (AvgIpc) is 2.47. The molecular weight excluding hydrogens is 291 g/mol. The molecule has 0 saturated carbocycles. The summed E-state index contributed by atoms with van der Waals surface area (Å²) in [4.78, 5) is 11.2. The predicted molar refractivity (Wildman–Crippen MR) is 63.2 cm³/mol. The molecule has 1 N–H and O–H groups in total. The molecule has 1 atom stereocenters. The first-order chi connectivity index (χ1) is 6.75. The Kier molecular flexibility index (Phi) is 2.90. The summed E-state index contributed by atoms with van der Waals surface area (Å²) in [5, 5.41) is 2.93. The zero-order valence-corrected chi connectivity index (χ0v) is 9.77. The van der Waals surface area contributed by atoms with Gasteiger partial charge in [-0.1, -0.05) is 30.3 Å². The lowest BCUT2D eigenvalue weighted by Gasteiger charge is -2.07. The van der Waals surface area contributed by atoms with Gasteiger partial charge in [-0.2, -0.15) is 0 Å². The van der Waals surface area contributed by atoms with E-state index in [9.17, 15) is 4.79 Å². The number of amides is 2. The molecule has 1 fully saturated rings. The lowest BCUT2D eigenvalue weighted by molar-refractivity contribution is 0.240. The summed E-state index contributed by atoms with van der Waals surface area (Å²) in [6, 6.07) is 10.5. The zero-order chi connectivity index (χ0) is 9.97. The van der Waals surface area contributed by atoms with E-state index in [2.05, 4.69) is 17.4 Å². The van der Waals surface area contributed by atoms with Crippen molar-refractivity contribution in [3.8, 4) is 0 Å². The van der Waals surface area contributed by atoms with Gasteiger partial charge >= 0.3 is 6.03 Å². The molecule has 0 spiro atoms. The molecule has 0 aromatic heterocycles. The molecule has 1 aliphatic rings. The summed E-state index contributed by atoms with van der Waals surface area (Å²) >= 11 is 2.04. The minimum absolute atomic E-state index is 0.0199. The monoisotopic (exact) mass is 302 g/mol. The van der Waals surface area contributed by atoms with Crippen LogP contribution in [0.4, 0.5) is 4.79 Å². The van der Waals surface area contributed by atoms with Crippen molar-refractivity contribution >= 4 is 28.9 Å². The van der Waals surface area contributed by atoms with Crippen LogP contribution >= 0.6 is 22.9 Å². The van der Waals surface area contributed by atoms with Crippen LogP contribution in [0.3, 0.4) is 0 Å². The Bertz CT molecular complexity index is 328. The van der Waals surface area contributed by atoms with Gasteiger partial charge in [0.1, 0.15) is 0 Å². The van der Waals surface area contributed by atoms with Crippen LogP contribution in [0.2, 0.25) is 0 Å². The summed E-state index contributed by atoms with van der Waals surface area (Å²) < 4.78 is 1.69.